The third-order valence-corrected chi connectivity index (χ3v) is 3.09. The number of nitrogens with zero attached hydrogens (tertiary/aromatic N) is 1. The Balaban J connectivity index is 3.17. The second kappa shape index (κ2) is 5.60. The molecule has 1 N–H and O–H groups in total. The molecule has 0 saturated heterocycles. The Kier molecular flexibility index (Phi) is 4.65. The minimum atomic E-state index is -0.755. The molecule has 0 aliphatic rings. The maximum atomic E-state index is 13.3. The van der Waals surface area contributed by atoms with Gasteiger partial charge in [0.05, 0.1) is 12.5 Å². The highest BCUT2D eigenvalue weighted by atomic mass is 79.9. The lowest BCUT2D eigenvalue weighted by Gasteiger charge is -2.16. The molecule has 1 rings (SSSR count). The molecule has 1 unspecified atom stereocenters. The molecule has 0 bridgehead atoms. The van der Waals surface area contributed by atoms with Gasteiger partial charge in [0.15, 0.2) is 0 Å². The van der Waals surface area contributed by atoms with Crippen LogP contribution in [0.1, 0.15) is 24.2 Å². The van der Waals surface area contributed by atoms with E-state index in [9.17, 15) is 14.3 Å². The number of halogens is 2. The van der Waals surface area contributed by atoms with Crippen LogP contribution in [0.5, 0.6) is 0 Å². The van der Waals surface area contributed by atoms with Crippen molar-refractivity contribution in [1.82, 2.24) is 4.90 Å². The van der Waals surface area contributed by atoms with E-state index in [0.717, 1.165) is 0 Å². The van der Waals surface area contributed by atoms with Crippen molar-refractivity contribution in [2.45, 2.75) is 19.4 Å². The Morgan fingerprint density at radius 3 is 2.59 bits per heavy atom. The van der Waals surface area contributed by atoms with E-state index in [1.807, 2.05) is 0 Å². The third-order valence-electron chi connectivity index (χ3n) is 2.44. The van der Waals surface area contributed by atoms with Gasteiger partial charge in [0.1, 0.15) is 5.82 Å². The lowest BCUT2D eigenvalue weighted by atomic mass is 10.00. The molecule has 94 valence electrons. The Bertz CT molecular complexity index is 433. The van der Waals surface area contributed by atoms with Crippen LogP contribution in [0.2, 0.25) is 0 Å². The van der Waals surface area contributed by atoms with Gasteiger partial charge in [-0.2, -0.15) is 0 Å². The van der Waals surface area contributed by atoms with Gasteiger partial charge in [0.2, 0.25) is 5.91 Å². The summed E-state index contributed by atoms with van der Waals surface area (Å²) in [6.45, 7) is 1.58. The van der Waals surface area contributed by atoms with Gasteiger partial charge in [0.25, 0.3) is 0 Å². The van der Waals surface area contributed by atoms with Gasteiger partial charge in [0, 0.05) is 18.6 Å². The lowest BCUT2D eigenvalue weighted by molar-refractivity contribution is -0.127. The highest BCUT2D eigenvalue weighted by molar-refractivity contribution is 9.10. The van der Waals surface area contributed by atoms with Gasteiger partial charge in [-0.1, -0.05) is 15.9 Å². The fraction of sp³-hybridized carbons (Fsp3) is 0.417. The second-order valence-corrected chi connectivity index (χ2v) is 4.96. The maximum Gasteiger partial charge on any atom is 0.226 e. The van der Waals surface area contributed by atoms with Crippen molar-refractivity contribution in [3.8, 4) is 0 Å². The van der Waals surface area contributed by atoms with Crippen LogP contribution >= 0.6 is 15.9 Å². The van der Waals surface area contributed by atoms with Crippen LogP contribution in [0, 0.1) is 5.82 Å². The van der Waals surface area contributed by atoms with Crippen molar-refractivity contribution in [1.29, 1.82) is 0 Å². The van der Waals surface area contributed by atoms with E-state index in [2.05, 4.69) is 15.9 Å². The molecule has 0 fully saturated rings. The topological polar surface area (TPSA) is 40.5 Å². The van der Waals surface area contributed by atoms with E-state index < -0.39 is 11.9 Å². The van der Waals surface area contributed by atoms with Gasteiger partial charge < -0.3 is 10.0 Å². The minimum absolute atomic E-state index is 0.0730. The summed E-state index contributed by atoms with van der Waals surface area (Å²) in [7, 11) is 3.28. The van der Waals surface area contributed by atoms with Crippen molar-refractivity contribution < 1.29 is 14.3 Å². The first-order valence-electron chi connectivity index (χ1n) is 5.19. The summed E-state index contributed by atoms with van der Waals surface area (Å²) in [4.78, 5) is 13.1. The molecule has 0 aromatic heterocycles. The highest BCUT2D eigenvalue weighted by Gasteiger charge is 2.17. The zero-order valence-electron chi connectivity index (χ0n) is 10.00. The lowest BCUT2D eigenvalue weighted by Crippen LogP contribution is -2.24. The summed E-state index contributed by atoms with van der Waals surface area (Å²) in [5, 5.41) is 9.65. The smallest absolute Gasteiger partial charge is 0.226 e. The molecule has 0 radical (unpaired) electrons. The molecule has 0 saturated carbocycles. The van der Waals surface area contributed by atoms with E-state index in [0.29, 0.717) is 15.6 Å². The van der Waals surface area contributed by atoms with Crippen LogP contribution in [-0.4, -0.2) is 30.0 Å². The van der Waals surface area contributed by atoms with Crippen LogP contribution in [0.3, 0.4) is 0 Å². The Morgan fingerprint density at radius 1 is 1.53 bits per heavy atom. The molecule has 1 atom stereocenters. The van der Waals surface area contributed by atoms with Crippen molar-refractivity contribution >= 4 is 21.8 Å². The number of carbonyl (C=O) groups is 1. The van der Waals surface area contributed by atoms with Crippen LogP contribution in [-0.2, 0) is 11.2 Å². The molecule has 1 amide bonds. The van der Waals surface area contributed by atoms with Gasteiger partial charge >= 0.3 is 0 Å². The van der Waals surface area contributed by atoms with Gasteiger partial charge in [-0.25, -0.2) is 4.39 Å². The zero-order valence-corrected chi connectivity index (χ0v) is 11.6. The molecule has 0 heterocycles. The summed E-state index contributed by atoms with van der Waals surface area (Å²) in [5.41, 5.74) is 1.06. The molecular formula is C12H15BrFNO2. The predicted octanol–water partition coefficient (Wildman–Crippen LogP) is 2.27. The minimum Gasteiger partial charge on any atom is -0.389 e. The molecule has 0 aliphatic heterocycles. The Morgan fingerprint density at radius 2 is 2.12 bits per heavy atom. The number of aliphatic hydroxyl groups excluding tert-OH is 1. The molecule has 5 heteroatoms. The first kappa shape index (κ1) is 14.1. The zero-order chi connectivity index (χ0) is 13.2. The number of benzene rings is 1. The molecule has 0 aliphatic carbocycles. The third kappa shape index (κ3) is 3.51. The number of amides is 1. The fourth-order valence-electron chi connectivity index (χ4n) is 1.57. The molecular weight excluding hydrogens is 289 g/mol. The van der Waals surface area contributed by atoms with Crippen LogP contribution < -0.4 is 0 Å². The second-order valence-electron chi connectivity index (χ2n) is 4.10. The summed E-state index contributed by atoms with van der Waals surface area (Å²) in [6.07, 6.45) is -0.682. The SMILES string of the molecule is CC(O)c1c(Br)cc(F)cc1CC(=O)N(C)C. The van der Waals surface area contributed by atoms with Gasteiger partial charge in [-0.3, -0.25) is 4.79 Å². The maximum absolute atomic E-state index is 13.3. The summed E-state index contributed by atoms with van der Waals surface area (Å²) in [6, 6.07) is 2.57. The standard InChI is InChI=1S/C12H15BrFNO2/c1-7(16)12-8(5-11(17)15(2)3)4-9(14)6-10(12)13/h4,6-7,16H,5H2,1-3H3. The van der Waals surface area contributed by atoms with Crippen molar-refractivity contribution in [3.05, 3.63) is 33.5 Å². The quantitative estimate of drug-likeness (QED) is 0.930. The van der Waals surface area contributed by atoms with Gasteiger partial charge in [-0.05, 0) is 30.2 Å². The predicted molar refractivity (Wildman–Crippen MR) is 67.1 cm³/mol. The van der Waals surface area contributed by atoms with E-state index in [-0.39, 0.29) is 12.3 Å². The van der Waals surface area contributed by atoms with E-state index in [1.54, 1.807) is 21.0 Å². The number of aliphatic hydroxyl groups is 1. The number of carbonyl (C=O) groups excluding carboxylic acids is 1. The van der Waals surface area contributed by atoms with Crippen molar-refractivity contribution in [2.75, 3.05) is 14.1 Å². The Labute approximate surface area is 108 Å². The largest absolute Gasteiger partial charge is 0.389 e. The van der Waals surface area contributed by atoms with Gasteiger partial charge in [-0.15, -0.1) is 0 Å². The molecule has 17 heavy (non-hydrogen) atoms. The summed E-state index contributed by atoms with van der Waals surface area (Å²) < 4.78 is 13.8. The average molecular weight is 304 g/mol. The van der Waals surface area contributed by atoms with Crippen molar-refractivity contribution in [2.24, 2.45) is 0 Å². The normalized spacial score (nSPS) is 12.4. The molecule has 1 aromatic rings. The first-order chi connectivity index (χ1) is 7.82. The average Bonchev–Trinajstić information content (AvgIpc) is 2.14. The molecule has 3 nitrogen and oxygen atoms in total. The summed E-state index contributed by atoms with van der Waals surface area (Å²) in [5.74, 6) is -0.563. The first-order valence-corrected chi connectivity index (χ1v) is 5.98. The monoisotopic (exact) mass is 303 g/mol. The number of likely N-dealkylation sites (N-methyl/N-ethyl adjacent to an activating group) is 1. The molecule has 0 spiro atoms. The van der Waals surface area contributed by atoms with E-state index in [1.165, 1.54) is 17.0 Å². The van der Waals surface area contributed by atoms with E-state index >= 15 is 0 Å². The van der Waals surface area contributed by atoms with Crippen molar-refractivity contribution in [3.63, 3.8) is 0 Å². The number of hydrogen-bond donors (Lipinski definition) is 1. The highest BCUT2D eigenvalue weighted by Crippen LogP contribution is 2.28. The van der Waals surface area contributed by atoms with Crippen LogP contribution in [0.25, 0.3) is 0 Å². The van der Waals surface area contributed by atoms with Crippen LogP contribution in [0.4, 0.5) is 4.39 Å². The Hall–Kier alpha value is -0.940. The summed E-state index contributed by atoms with van der Waals surface area (Å²) >= 11 is 3.20. The number of hydrogen-bond acceptors (Lipinski definition) is 2. The van der Waals surface area contributed by atoms with Crippen LogP contribution in [0.15, 0.2) is 16.6 Å². The van der Waals surface area contributed by atoms with E-state index in [4.69, 9.17) is 0 Å². The fourth-order valence-corrected chi connectivity index (χ4v) is 2.38. The number of rotatable bonds is 3. The molecule has 1 aromatic carbocycles.